The topological polar surface area (TPSA) is 29.3 Å². The van der Waals surface area contributed by atoms with Gasteiger partial charge in [0.15, 0.2) is 0 Å². The Balaban J connectivity index is 2.26. The van der Waals surface area contributed by atoms with Gasteiger partial charge in [-0.25, -0.2) is 8.78 Å². The summed E-state index contributed by atoms with van der Waals surface area (Å²) >= 11 is 4.75. The van der Waals surface area contributed by atoms with E-state index in [1.54, 1.807) is 0 Å². The van der Waals surface area contributed by atoms with Crippen molar-refractivity contribution in [2.75, 3.05) is 19.6 Å². The van der Waals surface area contributed by atoms with E-state index in [0.717, 1.165) is 0 Å². The van der Waals surface area contributed by atoms with Crippen LogP contribution in [0.4, 0.5) is 8.78 Å². The highest BCUT2D eigenvalue weighted by Crippen LogP contribution is 2.23. The Labute approximate surface area is 82.1 Å². The molecular weight excluding hydrogens is 194 g/mol. The Hall–Kier alpha value is -0.290. The number of piperidine rings is 1. The van der Waals surface area contributed by atoms with Crippen LogP contribution < -0.4 is 5.73 Å². The molecule has 0 aromatic heterocycles. The Kier molecular flexibility index (Phi) is 3.99. The van der Waals surface area contributed by atoms with E-state index in [2.05, 4.69) is 0 Å². The molecule has 0 spiro atoms. The van der Waals surface area contributed by atoms with Crippen molar-refractivity contribution in [3.63, 3.8) is 0 Å². The molecule has 0 aliphatic carbocycles. The third-order valence-corrected chi connectivity index (χ3v) is 2.50. The first-order valence-corrected chi connectivity index (χ1v) is 4.79. The fourth-order valence-electron chi connectivity index (χ4n) is 1.58. The van der Waals surface area contributed by atoms with Crippen LogP contribution >= 0.6 is 12.2 Å². The standard InChI is InChI=1S/C8H14F2N2S/c9-8(10)6-1-3-12(4-2-6)5-7(11)13/h6,8H,1-5H2,(H2,11,13). The normalized spacial score (nSPS) is 20.8. The van der Waals surface area contributed by atoms with E-state index in [0.29, 0.717) is 37.5 Å². The zero-order chi connectivity index (χ0) is 9.84. The second-order valence-electron chi connectivity index (χ2n) is 3.41. The first-order valence-electron chi connectivity index (χ1n) is 4.38. The molecule has 2 N–H and O–H groups in total. The molecule has 0 saturated carbocycles. The molecule has 0 unspecified atom stereocenters. The molecule has 5 heteroatoms. The third-order valence-electron chi connectivity index (χ3n) is 2.37. The van der Waals surface area contributed by atoms with Crippen molar-refractivity contribution in [3.05, 3.63) is 0 Å². The molecule has 0 aromatic rings. The molecule has 0 amide bonds. The van der Waals surface area contributed by atoms with E-state index in [1.807, 2.05) is 4.90 Å². The number of hydrogen-bond donors (Lipinski definition) is 1. The van der Waals surface area contributed by atoms with Gasteiger partial charge in [-0.1, -0.05) is 12.2 Å². The molecule has 1 heterocycles. The highest BCUT2D eigenvalue weighted by molar-refractivity contribution is 7.80. The van der Waals surface area contributed by atoms with Crippen LogP contribution in [0.3, 0.4) is 0 Å². The maximum absolute atomic E-state index is 12.2. The zero-order valence-corrected chi connectivity index (χ0v) is 8.20. The van der Waals surface area contributed by atoms with Crippen molar-refractivity contribution in [1.29, 1.82) is 0 Å². The Bertz CT molecular complexity index is 179. The lowest BCUT2D eigenvalue weighted by atomic mass is 9.97. The molecule has 1 saturated heterocycles. The van der Waals surface area contributed by atoms with E-state index in [-0.39, 0.29) is 0 Å². The van der Waals surface area contributed by atoms with Crippen molar-refractivity contribution in [2.24, 2.45) is 11.7 Å². The average Bonchev–Trinajstić information content (AvgIpc) is 2.04. The second-order valence-corrected chi connectivity index (χ2v) is 3.94. The number of hydrogen-bond acceptors (Lipinski definition) is 2. The predicted molar refractivity (Wildman–Crippen MR) is 52.0 cm³/mol. The molecule has 0 bridgehead atoms. The Morgan fingerprint density at radius 3 is 2.38 bits per heavy atom. The lowest BCUT2D eigenvalue weighted by Gasteiger charge is -2.30. The van der Waals surface area contributed by atoms with E-state index >= 15 is 0 Å². The first-order chi connectivity index (χ1) is 6.09. The fraction of sp³-hybridized carbons (Fsp3) is 0.875. The van der Waals surface area contributed by atoms with Crippen molar-refractivity contribution in [2.45, 2.75) is 19.3 Å². The summed E-state index contributed by atoms with van der Waals surface area (Å²) in [4.78, 5) is 2.47. The molecule has 1 rings (SSSR count). The lowest BCUT2D eigenvalue weighted by molar-refractivity contribution is 0.0386. The van der Waals surface area contributed by atoms with Gasteiger partial charge in [0, 0.05) is 12.5 Å². The van der Waals surface area contributed by atoms with E-state index in [1.165, 1.54) is 0 Å². The van der Waals surface area contributed by atoms with E-state index in [9.17, 15) is 8.78 Å². The van der Waals surface area contributed by atoms with Crippen LogP contribution in [0.2, 0.25) is 0 Å². The molecule has 0 aromatic carbocycles. The zero-order valence-electron chi connectivity index (χ0n) is 7.38. The molecule has 1 aliphatic rings. The largest absolute Gasteiger partial charge is 0.392 e. The summed E-state index contributed by atoms with van der Waals surface area (Å²) in [7, 11) is 0. The maximum atomic E-state index is 12.2. The Morgan fingerprint density at radius 1 is 1.46 bits per heavy atom. The van der Waals surface area contributed by atoms with E-state index in [4.69, 9.17) is 18.0 Å². The predicted octanol–water partition coefficient (Wildman–Crippen LogP) is 1.25. The van der Waals surface area contributed by atoms with Gasteiger partial charge in [-0.15, -0.1) is 0 Å². The molecule has 1 fully saturated rings. The van der Waals surface area contributed by atoms with Gasteiger partial charge in [0.1, 0.15) is 0 Å². The van der Waals surface area contributed by atoms with Crippen LogP contribution in [-0.2, 0) is 0 Å². The van der Waals surface area contributed by atoms with Gasteiger partial charge >= 0.3 is 0 Å². The van der Waals surface area contributed by atoms with Gasteiger partial charge in [-0.05, 0) is 25.9 Å². The summed E-state index contributed by atoms with van der Waals surface area (Å²) < 4.78 is 24.5. The van der Waals surface area contributed by atoms with Gasteiger partial charge in [0.25, 0.3) is 0 Å². The Morgan fingerprint density at radius 2 is 2.00 bits per heavy atom. The smallest absolute Gasteiger partial charge is 0.241 e. The molecule has 1 aliphatic heterocycles. The molecule has 13 heavy (non-hydrogen) atoms. The quantitative estimate of drug-likeness (QED) is 0.708. The van der Waals surface area contributed by atoms with Gasteiger partial charge in [-0.2, -0.15) is 0 Å². The van der Waals surface area contributed by atoms with Crippen LogP contribution in [0.15, 0.2) is 0 Å². The van der Waals surface area contributed by atoms with Crippen molar-refractivity contribution >= 4 is 17.2 Å². The highest BCUT2D eigenvalue weighted by Gasteiger charge is 2.25. The number of nitrogens with zero attached hydrogens (tertiary/aromatic N) is 1. The van der Waals surface area contributed by atoms with Crippen molar-refractivity contribution < 1.29 is 8.78 Å². The minimum absolute atomic E-state index is 0.428. The summed E-state index contributed by atoms with van der Waals surface area (Å²) in [6, 6.07) is 0. The number of rotatable bonds is 3. The third kappa shape index (κ3) is 3.52. The summed E-state index contributed by atoms with van der Waals surface area (Å²) in [5.41, 5.74) is 5.36. The molecule has 2 nitrogen and oxygen atoms in total. The van der Waals surface area contributed by atoms with Gasteiger partial charge in [-0.3, -0.25) is 4.90 Å². The minimum atomic E-state index is -2.17. The van der Waals surface area contributed by atoms with Crippen molar-refractivity contribution in [1.82, 2.24) is 4.90 Å². The first kappa shape index (κ1) is 10.8. The second kappa shape index (κ2) is 4.81. The fourth-order valence-corrected chi connectivity index (χ4v) is 1.77. The summed E-state index contributed by atoms with van der Waals surface area (Å²) in [5, 5.41) is 0. The van der Waals surface area contributed by atoms with Crippen LogP contribution in [-0.4, -0.2) is 35.9 Å². The molecule has 76 valence electrons. The van der Waals surface area contributed by atoms with Crippen molar-refractivity contribution in [3.8, 4) is 0 Å². The van der Waals surface area contributed by atoms with Gasteiger partial charge in [0.05, 0.1) is 4.99 Å². The minimum Gasteiger partial charge on any atom is -0.392 e. The molecule has 0 atom stereocenters. The van der Waals surface area contributed by atoms with Crippen LogP contribution in [0.5, 0.6) is 0 Å². The number of thiocarbonyl (C=S) groups is 1. The highest BCUT2D eigenvalue weighted by atomic mass is 32.1. The average molecular weight is 208 g/mol. The van der Waals surface area contributed by atoms with Crippen LogP contribution in [0.1, 0.15) is 12.8 Å². The summed E-state index contributed by atoms with van der Waals surface area (Å²) in [6.07, 6.45) is -1.06. The van der Waals surface area contributed by atoms with Gasteiger partial charge < -0.3 is 5.73 Å². The SMILES string of the molecule is NC(=S)CN1CCC(C(F)F)CC1. The number of alkyl halides is 2. The van der Waals surface area contributed by atoms with E-state index < -0.39 is 12.3 Å². The lowest BCUT2D eigenvalue weighted by Crippen LogP contribution is -2.40. The van der Waals surface area contributed by atoms with Gasteiger partial charge in [0.2, 0.25) is 6.43 Å². The number of likely N-dealkylation sites (tertiary alicyclic amines) is 1. The maximum Gasteiger partial charge on any atom is 0.241 e. The molecule has 0 radical (unpaired) electrons. The van der Waals surface area contributed by atoms with Crippen LogP contribution in [0, 0.1) is 5.92 Å². The summed E-state index contributed by atoms with van der Waals surface area (Å²) in [6.45, 7) is 1.93. The molecular formula is C8H14F2N2S. The number of nitrogens with two attached hydrogens (primary N) is 1. The summed E-state index contributed by atoms with van der Waals surface area (Å²) in [5.74, 6) is -0.428. The van der Waals surface area contributed by atoms with Crippen LogP contribution in [0.25, 0.3) is 0 Å². The number of halogens is 2. The monoisotopic (exact) mass is 208 g/mol.